The van der Waals surface area contributed by atoms with Gasteiger partial charge in [-0.25, -0.2) is 0 Å². The third kappa shape index (κ3) is 2.15. The molecule has 0 aliphatic heterocycles. The average molecular weight is 304 g/mol. The summed E-state index contributed by atoms with van der Waals surface area (Å²) in [4.78, 5) is 11.8. The van der Waals surface area contributed by atoms with Gasteiger partial charge in [0, 0.05) is 34.9 Å². The fourth-order valence-electron chi connectivity index (χ4n) is 2.52. The number of ketones is 1. The standard InChI is InChI=1S/C15H14BrNO/c16-12-6-4-11(5-7-12)10-17-9-8-13-14(17)2-1-3-15(13)18/h4-9H,1-3,10H2. The van der Waals surface area contributed by atoms with E-state index in [1.165, 1.54) is 11.3 Å². The Kier molecular flexibility index (Phi) is 3.08. The second-order valence-electron chi connectivity index (χ2n) is 4.71. The lowest BCUT2D eigenvalue weighted by Gasteiger charge is -2.15. The minimum Gasteiger partial charge on any atom is -0.346 e. The van der Waals surface area contributed by atoms with Gasteiger partial charge in [0.15, 0.2) is 5.78 Å². The van der Waals surface area contributed by atoms with Crippen molar-refractivity contribution >= 4 is 21.7 Å². The van der Waals surface area contributed by atoms with E-state index >= 15 is 0 Å². The molecule has 2 nitrogen and oxygen atoms in total. The van der Waals surface area contributed by atoms with Crippen molar-refractivity contribution in [3.63, 3.8) is 0 Å². The summed E-state index contributed by atoms with van der Waals surface area (Å²) < 4.78 is 3.30. The number of aromatic nitrogens is 1. The third-order valence-corrected chi connectivity index (χ3v) is 3.99. The number of carbonyl (C=O) groups is 1. The van der Waals surface area contributed by atoms with E-state index in [2.05, 4.69) is 44.8 Å². The molecule has 0 atom stereocenters. The van der Waals surface area contributed by atoms with Gasteiger partial charge in [-0.05, 0) is 36.6 Å². The summed E-state index contributed by atoms with van der Waals surface area (Å²) in [6.45, 7) is 0.843. The maximum atomic E-state index is 11.8. The summed E-state index contributed by atoms with van der Waals surface area (Å²) in [5, 5.41) is 0. The number of Topliss-reactive ketones (excluding diaryl/α,β-unsaturated/α-hetero) is 1. The highest BCUT2D eigenvalue weighted by atomic mass is 79.9. The van der Waals surface area contributed by atoms with E-state index < -0.39 is 0 Å². The van der Waals surface area contributed by atoms with Gasteiger partial charge in [-0.1, -0.05) is 28.1 Å². The van der Waals surface area contributed by atoms with Gasteiger partial charge in [-0.2, -0.15) is 0 Å². The predicted octanol–water partition coefficient (Wildman–Crippen LogP) is 3.82. The lowest BCUT2D eigenvalue weighted by molar-refractivity contribution is 0.0972. The number of nitrogens with zero attached hydrogens (tertiary/aromatic N) is 1. The van der Waals surface area contributed by atoms with Crippen molar-refractivity contribution in [3.05, 3.63) is 57.8 Å². The lowest BCUT2D eigenvalue weighted by atomic mass is 9.97. The Morgan fingerprint density at radius 1 is 1.11 bits per heavy atom. The van der Waals surface area contributed by atoms with Gasteiger partial charge in [0.1, 0.15) is 0 Å². The number of fused-ring (bicyclic) bond motifs is 1. The molecule has 18 heavy (non-hydrogen) atoms. The molecule has 0 unspecified atom stereocenters. The molecule has 0 bridgehead atoms. The minimum atomic E-state index is 0.297. The van der Waals surface area contributed by atoms with Crippen LogP contribution in [0.1, 0.15) is 34.5 Å². The van der Waals surface area contributed by atoms with Crippen LogP contribution in [0.3, 0.4) is 0 Å². The van der Waals surface area contributed by atoms with E-state index in [-0.39, 0.29) is 0 Å². The van der Waals surface area contributed by atoms with Crippen molar-refractivity contribution < 1.29 is 4.79 Å². The summed E-state index contributed by atoms with van der Waals surface area (Å²) >= 11 is 3.44. The van der Waals surface area contributed by atoms with Crippen LogP contribution in [0.5, 0.6) is 0 Å². The molecule has 1 aromatic carbocycles. The summed E-state index contributed by atoms with van der Waals surface area (Å²) in [6, 6.07) is 10.3. The SMILES string of the molecule is O=C1CCCc2c1ccn2Cc1ccc(Br)cc1. The highest BCUT2D eigenvalue weighted by molar-refractivity contribution is 9.10. The molecule has 0 N–H and O–H groups in total. The van der Waals surface area contributed by atoms with Crippen LogP contribution in [0.2, 0.25) is 0 Å². The topological polar surface area (TPSA) is 22.0 Å². The first kappa shape index (κ1) is 11.7. The van der Waals surface area contributed by atoms with Crippen LogP contribution in [0, 0.1) is 0 Å². The van der Waals surface area contributed by atoms with Crippen molar-refractivity contribution in [2.45, 2.75) is 25.8 Å². The van der Waals surface area contributed by atoms with Crippen LogP contribution in [0.15, 0.2) is 41.0 Å². The third-order valence-electron chi connectivity index (χ3n) is 3.46. The molecule has 0 saturated carbocycles. The summed E-state index contributed by atoms with van der Waals surface area (Å²) in [5.41, 5.74) is 3.39. The molecular weight excluding hydrogens is 290 g/mol. The Morgan fingerprint density at radius 2 is 1.89 bits per heavy atom. The highest BCUT2D eigenvalue weighted by Crippen LogP contribution is 2.23. The average Bonchev–Trinajstić information content (AvgIpc) is 2.77. The number of halogens is 1. The Balaban J connectivity index is 1.89. The fraction of sp³-hybridized carbons (Fsp3) is 0.267. The summed E-state index contributed by atoms with van der Waals surface area (Å²) in [7, 11) is 0. The van der Waals surface area contributed by atoms with Crippen LogP contribution < -0.4 is 0 Å². The molecule has 0 amide bonds. The second kappa shape index (κ2) is 4.73. The zero-order valence-corrected chi connectivity index (χ0v) is 11.6. The zero-order valence-electron chi connectivity index (χ0n) is 10.0. The van der Waals surface area contributed by atoms with Gasteiger partial charge in [0.05, 0.1) is 0 Å². The number of rotatable bonds is 2. The van der Waals surface area contributed by atoms with Crippen molar-refractivity contribution in [2.75, 3.05) is 0 Å². The van der Waals surface area contributed by atoms with Crippen LogP contribution >= 0.6 is 15.9 Å². The van der Waals surface area contributed by atoms with Crippen LogP contribution in [0.25, 0.3) is 0 Å². The Bertz CT molecular complexity index is 583. The smallest absolute Gasteiger partial charge is 0.164 e. The van der Waals surface area contributed by atoms with E-state index in [9.17, 15) is 4.79 Å². The predicted molar refractivity (Wildman–Crippen MR) is 74.9 cm³/mol. The monoisotopic (exact) mass is 303 g/mol. The number of hydrogen-bond acceptors (Lipinski definition) is 1. The normalized spacial score (nSPS) is 14.6. The molecule has 3 heteroatoms. The van der Waals surface area contributed by atoms with Gasteiger partial charge < -0.3 is 4.57 Å². The van der Waals surface area contributed by atoms with E-state index in [0.29, 0.717) is 12.2 Å². The van der Waals surface area contributed by atoms with Gasteiger partial charge in [-0.3, -0.25) is 4.79 Å². The van der Waals surface area contributed by atoms with Crippen LogP contribution in [-0.4, -0.2) is 10.4 Å². The van der Waals surface area contributed by atoms with Crippen molar-refractivity contribution in [2.24, 2.45) is 0 Å². The first-order chi connectivity index (χ1) is 8.74. The molecule has 0 fully saturated rings. The highest BCUT2D eigenvalue weighted by Gasteiger charge is 2.20. The molecule has 1 heterocycles. The van der Waals surface area contributed by atoms with Gasteiger partial charge >= 0.3 is 0 Å². The first-order valence-corrected chi connectivity index (χ1v) is 6.99. The van der Waals surface area contributed by atoms with Crippen LogP contribution in [-0.2, 0) is 13.0 Å². The van der Waals surface area contributed by atoms with E-state index in [0.717, 1.165) is 29.4 Å². The molecule has 1 aliphatic rings. The largest absolute Gasteiger partial charge is 0.346 e. The van der Waals surface area contributed by atoms with Gasteiger partial charge in [-0.15, -0.1) is 0 Å². The maximum absolute atomic E-state index is 11.8. The molecule has 3 rings (SSSR count). The molecule has 0 radical (unpaired) electrons. The molecular formula is C15H14BrNO. The number of carbonyl (C=O) groups excluding carboxylic acids is 1. The van der Waals surface area contributed by atoms with E-state index in [1.54, 1.807) is 0 Å². The van der Waals surface area contributed by atoms with E-state index in [1.807, 2.05) is 12.3 Å². The molecule has 2 aromatic rings. The van der Waals surface area contributed by atoms with Gasteiger partial charge in [0.2, 0.25) is 0 Å². The quantitative estimate of drug-likeness (QED) is 0.827. The molecule has 92 valence electrons. The van der Waals surface area contributed by atoms with Gasteiger partial charge in [0.25, 0.3) is 0 Å². The van der Waals surface area contributed by atoms with Crippen molar-refractivity contribution in [1.82, 2.24) is 4.57 Å². The number of benzene rings is 1. The summed E-state index contributed by atoms with van der Waals surface area (Å²) in [5.74, 6) is 0.297. The zero-order chi connectivity index (χ0) is 12.5. The molecule has 0 saturated heterocycles. The van der Waals surface area contributed by atoms with Crippen molar-refractivity contribution in [1.29, 1.82) is 0 Å². The Labute approximate surface area is 115 Å². The minimum absolute atomic E-state index is 0.297. The molecule has 0 spiro atoms. The molecule has 1 aliphatic carbocycles. The number of hydrogen-bond donors (Lipinski definition) is 0. The van der Waals surface area contributed by atoms with E-state index in [4.69, 9.17) is 0 Å². The maximum Gasteiger partial charge on any atom is 0.164 e. The van der Waals surface area contributed by atoms with Crippen molar-refractivity contribution in [3.8, 4) is 0 Å². The van der Waals surface area contributed by atoms with Crippen LogP contribution in [0.4, 0.5) is 0 Å². The lowest BCUT2D eigenvalue weighted by Crippen LogP contribution is -2.13. The second-order valence-corrected chi connectivity index (χ2v) is 5.62. The Hall–Kier alpha value is -1.35. The fourth-order valence-corrected chi connectivity index (χ4v) is 2.79. The Morgan fingerprint density at radius 3 is 2.67 bits per heavy atom. The summed E-state index contributed by atoms with van der Waals surface area (Å²) in [6.07, 6.45) is 4.74. The molecule has 1 aromatic heterocycles. The first-order valence-electron chi connectivity index (χ1n) is 6.20.